The van der Waals surface area contributed by atoms with Crippen molar-refractivity contribution < 1.29 is 9.84 Å². The molecular formula is C18H19BrN6O4. The number of aryl methyl sites for hydroxylation is 1. The molecule has 0 unspecified atom stereocenters. The topological polar surface area (TPSA) is 116 Å². The van der Waals surface area contributed by atoms with Crippen LogP contribution in [0.4, 0.5) is 5.95 Å². The summed E-state index contributed by atoms with van der Waals surface area (Å²) < 4.78 is 9.48. The Kier molecular flexibility index (Phi) is 5.59. The van der Waals surface area contributed by atoms with Crippen LogP contribution in [0.15, 0.2) is 44.0 Å². The van der Waals surface area contributed by atoms with Crippen LogP contribution in [-0.4, -0.2) is 37.1 Å². The minimum atomic E-state index is -0.471. The summed E-state index contributed by atoms with van der Waals surface area (Å²) in [5.74, 6) is 0.555. The number of ether oxygens (including phenoxy) is 1. The summed E-state index contributed by atoms with van der Waals surface area (Å²) in [6.07, 6.45) is 3.12. The highest BCUT2D eigenvalue weighted by atomic mass is 79.9. The van der Waals surface area contributed by atoms with Gasteiger partial charge in [-0.1, -0.05) is 6.08 Å². The van der Waals surface area contributed by atoms with Gasteiger partial charge in [0, 0.05) is 20.6 Å². The van der Waals surface area contributed by atoms with Crippen molar-refractivity contribution in [1.82, 2.24) is 18.7 Å². The van der Waals surface area contributed by atoms with Crippen molar-refractivity contribution in [1.29, 1.82) is 0 Å². The van der Waals surface area contributed by atoms with Gasteiger partial charge in [-0.2, -0.15) is 10.1 Å². The Morgan fingerprint density at radius 3 is 2.72 bits per heavy atom. The lowest BCUT2D eigenvalue weighted by atomic mass is 10.2. The van der Waals surface area contributed by atoms with Gasteiger partial charge in [0.25, 0.3) is 5.56 Å². The fourth-order valence-corrected chi connectivity index (χ4v) is 3.29. The number of methoxy groups -OCH3 is 1. The molecular weight excluding hydrogens is 444 g/mol. The molecule has 2 N–H and O–H groups in total. The summed E-state index contributed by atoms with van der Waals surface area (Å²) in [6, 6.07) is 3.27. The van der Waals surface area contributed by atoms with E-state index in [9.17, 15) is 14.7 Å². The second-order valence-electron chi connectivity index (χ2n) is 6.14. The van der Waals surface area contributed by atoms with E-state index in [0.29, 0.717) is 22.3 Å². The van der Waals surface area contributed by atoms with Crippen LogP contribution in [0.1, 0.15) is 5.56 Å². The molecule has 0 aliphatic heterocycles. The molecule has 0 radical (unpaired) electrons. The lowest BCUT2D eigenvalue weighted by Crippen LogP contribution is -2.37. The average molecular weight is 463 g/mol. The van der Waals surface area contributed by atoms with Gasteiger partial charge in [-0.3, -0.25) is 18.5 Å². The summed E-state index contributed by atoms with van der Waals surface area (Å²) in [5, 5.41) is 14.0. The minimum absolute atomic E-state index is 0.0119. The number of hydrogen-bond acceptors (Lipinski definition) is 7. The van der Waals surface area contributed by atoms with Crippen LogP contribution in [-0.2, 0) is 20.6 Å². The van der Waals surface area contributed by atoms with Gasteiger partial charge in [0.2, 0.25) is 5.95 Å². The second-order valence-corrected chi connectivity index (χ2v) is 6.99. The third-order valence-electron chi connectivity index (χ3n) is 4.31. The zero-order chi connectivity index (χ0) is 21.3. The van der Waals surface area contributed by atoms with Crippen molar-refractivity contribution >= 4 is 39.3 Å². The number of anilines is 1. The number of hydrogen-bond donors (Lipinski definition) is 2. The van der Waals surface area contributed by atoms with Gasteiger partial charge in [0.1, 0.15) is 0 Å². The maximum absolute atomic E-state index is 12.6. The fraction of sp³-hybridized carbons (Fsp3) is 0.222. The second kappa shape index (κ2) is 7.95. The minimum Gasteiger partial charge on any atom is -0.503 e. The summed E-state index contributed by atoms with van der Waals surface area (Å²) in [6.45, 7) is 4.00. The van der Waals surface area contributed by atoms with Crippen molar-refractivity contribution in [2.45, 2.75) is 6.54 Å². The van der Waals surface area contributed by atoms with Crippen LogP contribution in [0.2, 0.25) is 0 Å². The van der Waals surface area contributed by atoms with Crippen LogP contribution in [0, 0.1) is 0 Å². The van der Waals surface area contributed by atoms with E-state index in [1.54, 1.807) is 29.8 Å². The molecule has 2 aromatic heterocycles. The third-order valence-corrected chi connectivity index (χ3v) is 4.91. The molecule has 1 aromatic carbocycles. The lowest BCUT2D eigenvalue weighted by Gasteiger charge is -2.07. The van der Waals surface area contributed by atoms with E-state index in [-0.39, 0.29) is 22.9 Å². The number of nitrogens with zero attached hydrogens (tertiary/aromatic N) is 5. The molecule has 0 fully saturated rings. The van der Waals surface area contributed by atoms with E-state index in [2.05, 4.69) is 38.0 Å². The number of phenols is 1. The predicted octanol–water partition coefficient (Wildman–Crippen LogP) is 1.54. The van der Waals surface area contributed by atoms with E-state index in [1.807, 2.05) is 0 Å². The number of rotatable bonds is 6. The van der Waals surface area contributed by atoms with Crippen molar-refractivity contribution in [3.63, 3.8) is 0 Å². The van der Waals surface area contributed by atoms with Crippen LogP contribution in [0.3, 0.4) is 0 Å². The molecule has 10 nitrogen and oxygen atoms in total. The zero-order valence-electron chi connectivity index (χ0n) is 16.0. The molecule has 0 saturated carbocycles. The Balaban J connectivity index is 2.05. The van der Waals surface area contributed by atoms with Crippen LogP contribution >= 0.6 is 15.9 Å². The molecule has 2 heterocycles. The first kappa shape index (κ1) is 20.4. The normalized spacial score (nSPS) is 11.3. The number of aromatic hydroxyl groups is 1. The fourth-order valence-electron chi connectivity index (χ4n) is 2.83. The molecule has 0 amide bonds. The van der Waals surface area contributed by atoms with Crippen molar-refractivity contribution in [2.75, 3.05) is 12.5 Å². The van der Waals surface area contributed by atoms with E-state index < -0.39 is 11.2 Å². The Morgan fingerprint density at radius 2 is 2.07 bits per heavy atom. The van der Waals surface area contributed by atoms with Gasteiger partial charge in [0.05, 0.1) is 17.8 Å². The number of hydrazone groups is 1. The maximum Gasteiger partial charge on any atom is 0.332 e. The van der Waals surface area contributed by atoms with E-state index in [1.165, 1.54) is 24.9 Å². The highest BCUT2D eigenvalue weighted by Crippen LogP contribution is 2.34. The molecule has 3 rings (SSSR count). The first-order chi connectivity index (χ1) is 13.8. The number of halogens is 1. The third kappa shape index (κ3) is 3.56. The van der Waals surface area contributed by atoms with E-state index in [4.69, 9.17) is 4.74 Å². The number of benzene rings is 1. The summed E-state index contributed by atoms with van der Waals surface area (Å²) in [5.41, 5.74) is 3.02. The highest BCUT2D eigenvalue weighted by molar-refractivity contribution is 9.10. The Labute approximate surface area is 173 Å². The SMILES string of the molecule is C=CCn1c(N/N=C/c2cc(Br)c(O)c(OC)c2)nc2c1c(=O)n(C)c(=O)n2C. The predicted molar refractivity (Wildman–Crippen MR) is 114 cm³/mol. The van der Waals surface area contributed by atoms with Gasteiger partial charge >= 0.3 is 5.69 Å². The van der Waals surface area contributed by atoms with Crippen molar-refractivity contribution in [2.24, 2.45) is 19.2 Å². The number of nitrogens with one attached hydrogen (secondary N) is 1. The summed E-state index contributed by atoms with van der Waals surface area (Å²) in [4.78, 5) is 29.1. The van der Waals surface area contributed by atoms with Crippen molar-refractivity contribution in [3.8, 4) is 11.5 Å². The maximum atomic E-state index is 12.6. The average Bonchev–Trinajstić information content (AvgIpc) is 3.06. The lowest BCUT2D eigenvalue weighted by molar-refractivity contribution is 0.372. The largest absolute Gasteiger partial charge is 0.503 e. The van der Waals surface area contributed by atoms with Crippen LogP contribution in [0.5, 0.6) is 11.5 Å². The first-order valence-electron chi connectivity index (χ1n) is 8.42. The van der Waals surface area contributed by atoms with Crippen molar-refractivity contribution in [3.05, 3.63) is 55.7 Å². The van der Waals surface area contributed by atoms with Crippen LogP contribution < -0.4 is 21.4 Å². The number of imidazole rings is 1. The molecule has 0 spiro atoms. The quantitative estimate of drug-likeness (QED) is 0.326. The number of phenolic OH excluding ortho intramolecular Hbond substituents is 1. The molecule has 0 aliphatic carbocycles. The highest BCUT2D eigenvalue weighted by Gasteiger charge is 2.18. The molecule has 0 aliphatic rings. The molecule has 0 atom stereocenters. The molecule has 29 heavy (non-hydrogen) atoms. The van der Waals surface area contributed by atoms with E-state index in [0.717, 1.165) is 4.57 Å². The molecule has 152 valence electrons. The monoisotopic (exact) mass is 462 g/mol. The van der Waals surface area contributed by atoms with Gasteiger partial charge in [-0.25, -0.2) is 10.2 Å². The Hall–Kier alpha value is -3.34. The van der Waals surface area contributed by atoms with Gasteiger partial charge in [-0.15, -0.1) is 6.58 Å². The standard InChI is InChI=1S/C18H19BrN6O4/c1-5-6-25-13-15(23(2)18(28)24(3)16(13)27)21-17(25)22-20-9-10-7-11(19)14(26)12(8-10)29-4/h5,7-9,26H,1,6H2,2-4H3,(H,21,22)/b20-9+. The molecule has 0 saturated heterocycles. The van der Waals surface area contributed by atoms with Gasteiger partial charge in [-0.05, 0) is 33.6 Å². The number of allylic oxidation sites excluding steroid dienone is 1. The molecule has 3 aromatic rings. The van der Waals surface area contributed by atoms with Crippen LogP contribution in [0.25, 0.3) is 11.2 Å². The van der Waals surface area contributed by atoms with Gasteiger partial charge < -0.3 is 9.84 Å². The summed E-state index contributed by atoms with van der Waals surface area (Å²) in [7, 11) is 4.41. The molecule has 11 heteroatoms. The zero-order valence-corrected chi connectivity index (χ0v) is 17.6. The molecule has 0 bridgehead atoms. The summed E-state index contributed by atoms with van der Waals surface area (Å²) >= 11 is 3.25. The van der Waals surface area contributed by atoms with E-state index >= 15 is 0 Å². The smallest absolute Gasteiger partial charge is 0.332 e. The first-order valence-corrected chi connectivity index (χ1v) is 9.22. The number of aromatic nitrogens is 4. The Bertz CT molecular complexity index is 1250. The van der Waals surface area contributed by atoms with Gasteiger partial charge in [0.15, 0.2) is 22.7 Å². The Morgan fingerprint density at radius 1 is 1.34 bits per heavy atom. The number of fused-ring (bicyclic) bond motifs is 1.